The molecule has 1 fully saturated rings. The third kappa shape index (κ3) is 1.78. The van der Waals surface area contributed by atoms with E-state index in [0.717, 1.165) is 0 Å². The molecule has 0 N–H and O–H groups in total. The molecular formula is C11H14BrN. The van der Waals surface area contributed by atoms with Crippen LogP contribution in [0.1, 0.15) is 31.7 Å². The molecule has 1 aliphatic rings. The minimum Gasteiger partial charge on any atom is -0.264 e. The standard InChI is InChI=1S/C11H14BrN/c1-11(5-4-10(12)7-11)9-3-2-6-13-8-9/h2-3,6,8,10H,4-5,7H2,1H3. The Hall–Kier alpha value is -0.370. The molecule has 0 aliphatic heterocycles. The van der Waals surface area contributed by atoms with Gasteiger partial charge in [-0.3, -0.25) is 4.98 Å². The number of pyridine rings is 1. The molecule has 1 saturated carbocycles. The van der Waals surface area contributed by atoms with Gasteiger partial charge in [-0.05, 0) is 36.3 Å². The SMILES string of the molecule is CC1(c2cccnc2)CCC(Br)C1. The summed E-state index contributed by atoms with van der Waals surface area (Å²) in [5.41, 5.74) is 1.74. The largest absolute Gasteiger partial charge is 0.264 e. The Bertz CT molecular complexity index is 285. The van der Waals surface area contributed by atoms with E-state index in [9.17, 15) is 0 Å². The molecule has 0 saturated heterocycles. The number of hydrogen-bond donors (Lipinski definition) is 0. The van der Waals surface area contributed by atoms with Crippen LogP contribution in [0.15, 0.2) is 24.5 Å². The van der Waals surface area contributed by atoms with Crippen LogP contribution in [0.2, 0.25) is 0 Å². The van der Waals surface area contributed by atoms with Gasteiger partial charge in [-0.2, -0.15) is 0 Å². The zero-order valence-electron chi connectivity index (χ0n) is 7.83. The summed E-state index contributed by atoms with van der Waals surface area (Å²) < 4.78 is 0. The number of rotatable bonds is 1. The van der Waals surface area contributed by atoms with Gasteiger partial charge in [0.1, 0.15) is 0 Å². The molecule has 13 heavy (non-hydrogen) atoms. The van der Waals surface area contributed by atoms with E-state index >= 15 is 0 Å². The Kier molecular flexibility index (Phi) is 2.41. The first-order valence-electron chi connectivity index (χ1n) is 4.75. The quantitative estimate of drug-likeness (QED) is 0.686. The van der Waals surface area contributed by atoms with Gasteiger partial charge in [-0.25, -0.2) is 0 Å². The summed E-state index contributed by atoms with van der Waals surface area (Å²) in [5, 5.41) is 0. The highest BCUT2D eigenvalue weighted by Gasteiger charge is 2.35. The van der Waals surface area contributed by atoms with Crippen LogP contribution < -0.4 is 0 Å². The van der Waals surface area contributed by atoms with Crippen molar-refractivity contribution >= 4 is 15.9 Å². The zero-order valence-corrected chi connectivity index (χ0v) is 9.42. The second-order valence-electron chi connectivity index (χ2n) is 4.14. The summed E-state index contributed by atoms with van der Waals surface area (Å²) >= 11 is 3.69. The number of hydrogen-bond acceptors (Lipinski definition) is 1. The Balaban J connectivity index is 2.26. The molecule has 1 heterocycles. The van der Waals surface area contributed by atoms with Gasteiger partial charge < -0.3 is 0 Å². The van der Waals surface area contributed by atoms with Gasteiger partial charge >= 0.3 is 0 Å². The Labute approximate surface area is 87.7 Å². The summed E-state index contributed by atoms with van der Waals surface area (Å²) in [5.74, 6) is 0. The van der Waals surface area contributed by atoms with Gasteiger partial charge in [-0.15, -0.1) is 0 Å². The molecule has 2 unspecified atom stereocenters. The van der Waals surface area contributed by atoms with Gasteiger partial charge in [0.15, 0.2) is 0 Å². The van der Waals surface area contributed by atoms with Crippen LogP contribution in [0, 0.1) is 0 Å². The number of halogens is 1. The van der Waals surface area contributed by atoms with Crippen molar-refractivity contribution in [2.24, 2.45) is 0 Å². The molecular weight excluding hydrogens is 226 g/mol. The summed E-state index contributed by atoms with van der Waals surface area (Å²) in [4.78, 5) is 4.88. The Morgan fingerprint density at radius 3 is 3.00 bits per heavy atom. The lowest BCUT2D eigenvalue weighted by molar-refractivity contribution is 0.491. The first-order valence-corrected chi connectivity index (χ1v) is 5.67. The van der Waals surface area contributed by atoms with E-state index in [1.165, 1.54) is 24.8 Å². The van der Waals surface area contributed by atoms with Crippen molar-refractivity contribution in [3.63, 3.8) is 0 Å². The van der Waals surface area contributed by atoms with E-state index in [1.807, 2.05) is 18.5 Å². The second-order valence-corrected chi connectivity index (χ2v) is 5.44. The lowest BCUT2D eigenvalue weighted by Gasteiger charge is -2.23. The topological polar surface area (TPSA) is 12.9 Å². The van der Waals surface area contributed by atoms with Gasteiger partial charge in [0.2, 0.25) is 0 Å². The molecule has 70 valence electrons. The summed E-state index contributed by atoms with van der Waals surface area (Å²) in [6.45, 7) is 2.34. The molecule has 0 bridgehead atoms. The summed E-state index contributed by atoms with van der Waals surface area (Å²) in [6, 6.07) is 4.22. The van der Waals surface area contributed by atoms with E-state index in [4.69, 9.17) is 0 Å². The molecule has 1 aromatic rings. The van der Waals surface area contributed by atoms with Crippen molar-refractivity contribution in [2.45, 2.75) is 36.4 Å². The van der Waals surface area contributed by atoms with Crippen molar-refractivity contribution in [1.29, 1.82) is 0 Å². The Morgan fingerprint density at radius 2 is 2.46 bits per heavy atom. The number of nitrogens with zero attached hydrogens (tertiary/aromatic N) is 1. The van der Waals surface area contributed by atoms with Crippen molar-refractivity contribution in [1.82, 2.24) is 4.98 Å². The van der Waals surface area contributed by atoms with Crippen LogP contribution in [-0.4, -0.2) is 9.81 Å². The summed E-state index contributed by atoms with van der Waals surface area (Å²) in [6.07, 6.45) is 7.64. The molecule has 2 atom stereocenters. The van der Waals surface area contributed by atoms with Crippen LogP contribution in [0.5, 0.6) is 0 Å². The van der Waals surface area contributed by atoms with Gasteiger partial charge in [0.05, 0.1) is 0 Å². The third-order valence-electron chi connectivity index (χ3n) is 3.04. The molecule has 0 amide bonds. The average Bonchev–Trinajstić information content (AvgIpc) is 2.49. The number of alkyl halides is 1. The van der Waals surface area contributed by atoms with Crippen LogP contribution in [0.25, 0.3) is 0 Å². The minimum atomic E-state index is 0.350. The normalized spacial score (nSPS) is 33.5. The lowest BCUT2D eigenvalue weighted by atomic mass is 9.82. The van der Waals surface area contributed by atoms with E-state index in [1.54, 1.807) is 0 Å². The van der Waals surface area contributed by atoms with Crippen LogP contribution in [0.4, 0.5) is 0 Å². The Morgan fingerprint density at radius 1 is 1.62 bits per heavy atom. The molecule has 1 aromatic heterocycles. The average molecular weight is 240 g/mol. The highest BCUT2D eigenvalue weighted by atomic mass is 79.9. The molecule has 0 spiro atoms. The third-order valence-corrected chi connectivity index (χ3v) is 3.82. The lowest BCUT2D eigenvalue weighted by Crippen LogP contribution is -2.17. The van der Waals surface area contributed by atoms with E-state index < -0.39 is 0 Å². The van der Waals surface area contributed by atoms with Crippen LogP contribution >= 0.6 is 15.9 Å². The fourth-order valence-corrected chi connectivity index (χ4v) is 3.09. The minimum absolute atomic E-state index is 0.350. The second kappa shape index (κ2) is 3.41. The highest BCUT2D eigenvalue weighted by Crippen LogP contribution is 2.43. The molecule has 2 heteroatoms. The molecule has 0 aromatic carbocycles. The van der Waals surface area contributed by atoms with Crippen molar-refractivity contribution in [3.8, 4) is 0 Å². The first-order chi connectivity index (χ1) is 6.21. The maximum atomic E-state index is 4.18. The van der Waals surface area contributed by atoms with Crippen molar-refractivity contribution < 1.29 is 0 Å². The van der Waals surface area contributed by atoms with E-state index in [0.29, 0.717) is 10.2 Å². The van der Waals surface area contributed by atoms with Crippen LogP contribution in [-0.2, 0) is 5.41 Å². The van der Waals surface area contributed by atoms with E-state index in [2.05, 4.69) is 33.9 Å². The summed E-state index contributed by atoms with van der Waals surface area (Å²) in [7, 11) is 0. The van der Waals surface area contributed by atoms with Gasteiger partial charge in [0.25, 0.3) is 0 Å². The van der Waals surface area contributed by atoms with Crippen molar-refractivity contribution in [3.05, 3.63) is 30.1 Å². The fourth-order valence-electron chi connectivity index (χ4n) is 2.15. The zero-order chi connectivity index (χ0) is 9.31. The fraction of sp³-hybridized carbons (Fsp3) is 0.545. The predicted molar refractivity (Wildman–Crippen MR) is 58.2 cm³/mol. The van der Waals surface area contributed by atoms with Crippen LogP contribution in [0.3, 0.4) is 0 Å². The van der Waals surface area contributed by atoms with Gasteiger partial charge in [-0.1, -0.05) is 28.9 Å². The predicted octanol–water partition coefficient (Wildman–Crippen LogP) is 3.29. The van der Waals surface area contributed by atoms with E-state index in [-0.39, 0.29) is 0 Å². The molecule has 0 radical (unpaired) electrons. The highest BCUT2D eigenvalue weighted by molar-refractivity contribution is 9.09. The maximum Gasteiger partial charge on any atom is 0.0305 e. The maximum absolute atomic E-state index is 4.18. The monoisotopic (exact) mass is 239 g/mol. The first kappa shape index (κ1) is 9.20. The van der Waals surface area contributed by atoms with Crippen molar-refractivity contribution in [2.75, 3.05) is 0 Å². The molecule has 1 nitrogen and oxygen atoms in total. The molecule has 1 aliphatic carbocycles. The number of aromatic nitrogens is 1. The van der Waals surface area contributed by atoms with Gasteiger partial charge in [0, 0.05) is 17.2 Å². The molecule has 2 rings (SSSR count). The smallest absolute Gasteiger partial charge is 0.0305 e.